The van der Waals surface area contributed by atoms with Gasteiger partial charge in [-0.1, -0.05) is 6.92 Å². The largest absolute Gasteiger partial charge is 0.353 e. The second-order valence-electron chi connectivity index (χ2n) is 4.17. The number of rotatable bonds is 5. The van der Waals surface area contributed by atoms with Gasteiger partial charge >= 0.3 is 0 Å². The summed E-state index contributed by atoms with van der Waals surface area (Å²) in [7, 11) is -3.23. The van der Waals surface area contributed by atoms with E-state index in [4.69, 9.17) is 5.73 Å². The van der Waals surface area contributed by atoms with Gasteiger partial charge in [0.2, 0.25) is 5.91 Å². The van der Waals surface area contributed by atoms with Crippen LogP contribution in [-0.4, -0.2) is 37.9 Å². The van der Waals surface area contributed by atoms with E-state index in [1.807, 2.05) is 0 Å². The first-order chi connectivity index (χ1) is 6.87. The topological polar surface area (TPSA) is 89.3 Å². The lowest BCUT2D eigenvalue weighted by molar-refractivity contribution is -0.119. The molecule has 1 aliphatic carbocycles. The fourth-order valence-electron chi connectivity index (χ4n) is 1.44. The van der Waals surface area contributed by atoms with Crippen LogP contribution in [0, 0.1) is 0 Å². The van der Waals surface area contributed by atoms with Gasteiger partial charge in [-0.2, -0.15) is 0 Å². The zero-order valence-corrected chi connectivity index (χ0v) is 11.0. The normalized spacial score (nSPS) is 18.1. The van der Waals surface area contributed by atoms with Gasteiger partial charge in [0.1, 0.15) is 5.75 Å². The lowest BCUT2D eigenvalue weighted by atomic mass is 9.78. The van der Waals surface area contributed by atoms with Crippen molar-refractivity contribution < 1.29 is 13.2 Å². The second kappa shape index (κ2) is 5.84. The van der Waals surface area contributed by atoms with E-state index < -0.39 is 21.5 Å². The Morgan fingerprint density at radius 1 is 1.44 bits per heavy atom. The standard InChI is InChI=1S/C9H18N2O3S.ClH/c1-2-15(13,14)6-8(12)11-7-9(10)4-3-5-9;/h2-7,10H2,1H3,(H,11,12);1H. The molecular formula is C9H19ClN2O3S. The van der Waals surface area contributed by atoms with Gasteiger partial charge in [0, 0.05) is 17.8 Å². The van der Waals surface area contributed by atoms with E-state index in [1.165, 1.54) is 6.92 Å². The molecule has 0 heterocycles. The van der Waals surface area contributed by atoms with Crippen molar-refractivity contribution in [2.45, 2.75) is 31.7 Å². The zero-order valence-electron chi connectivity index (χ0n) is 9.36. The number of hydrogen-bond acceptors (Lipinski definition) is 4. The monoisotopic (exact) mass is 270 g/mol. The Bertz CT molecular complexity index is 339. The summed E-state index contributed by atoms with van der Waals surface area (Å²) < 4.78 is 22.3. The van der Waals surface area contributed by atoms with Crippen molar-refractivity contribution in [2.75, 3.05) is 18.1 Å². The molecule has 1 rings (SSSR count). The molecule has 1 amide bonds. The van der Waals surface area contributed by atoms with Crippen LogP contribution >= 0.6 is 12.4 Å². The molecule has 1 saturated carbocycles. The van der Waals surface area contributed by atoms with E-state index in [2.05, 4.69) is 5.32 Å². The highest BCUT2D eigenvalue weighted by atomic mass is 35.5. The minimum absolute atomic E-state index is 0. The number of hydrogen-bond donors (Lipinski definition) is 2. The van der Waals surface area contributed by atoms with E-state index in [0.717, 1.165) is 19.3 Å². The van der Waals surface area contributed by atoms with Crippen molar-refractivity contribution in [3.63, 3.8) is 0 Å². The van der Waals surface area contributed by atoms with E-state index in [0.29, 0.717) is 6.54 Å². The van der Waals surface area contributed by atoms with Crippen LogP contribution in [0.5, 0.6) is 0 Å². The van der Waals surface area contributed by atoms with Crippen LogP contribution in [0.4, 0.5) is 0 Å². The molecule has 0 unspecified atom stereocenters. The Morgan fingerprint density at radius 2 is 2.00 bits per heavy atom. The van der Waals surface area contributed by atoms with Gasteiger partial charge in [0.25, 0.3) is 0 Å². The molecule has 0 radical (unpaired) electrons. The molecule has 0 saturated heterocycles. The van der Waals surface area contributed by atoms with E-state index in [9.17, 15) is 13.2 Å². The quantitative estimate of drug-likeness (QED) is 0.727. The molecule has 7 heteroatoms. The third-order valence-electron chi connectivity index (χ3n) is 2.78. The van der Waals surface area contributed by atoms with Crippen LogP contribution in [0.1, 0.15) is 26.2 Å². The summed E-state index contributed by atoms with van der Waals surface area (Å²) in [6, 6.07) is 0. The second-order valence-corrected chi connectivity index (χ2v) is 6.52. The first kappa shape index (κ1) is 15.7. The number of halogens is 1. The van der Waals surface area contributed by atoms with Crippen molar-refractivity contribution in [3.05, 3.63) is 0 Å². The summed E-state index contributed by atoms with van der Waals surface area (Å²) in [4.78, 5) is 11.3. The molecular weight excluding hydrogens is 252 g/mol. The van der Waals surface area contributed by atoms with Crippen LogP contribution in [0.25, 0.3) is 0 Å². The molecule has 5 nitrogen and oxygen atoms in total. The average Bonchev–Trinajstić information content (AvgIpc) is 2.11. The number of amides is 1. The van der Waals surface area contributed by atoms with Crippen molar-refractivity contribution in [2.24, 2.45) is 5.73 Å². The zero-order chi connectivity index (χ0) is 11.5. The van der Waals surface area contributed by atoms with E-state index in [1.54, 1.807) is 0 Å². The summed E-state index contributed by atoms with van der Waals surface area (Å²) in [6.45, 7) is 1.91. The highest BCUT2D eigenvalue weighted by molar-refractivity contribution is 7.92. The summed E-state index contributed by atoms with van der Waals surface area (Å²) in [5, 5.41) is 2.57. The van der Waals surface area contributed by atoms with Gasteiger partial charge < -0.3 is 11.1 Å². The van der Waals surface area contributed by atoms with Gasteiger partial charge in [-0.05, 0) is 19.3 Å². The summed E-state index contributed by atoms with van der Waals surface area (Å²) in [6.07, 6.45) is 2.88. The first-order valence-corrected chi connectivity index (χ1v) is 6.95. The molecule has 0 spiro atoms. The van der Waals surface area contributed by atoms with Crippen LogP contribution < -0.4 is 11.1 Å². The number of carbonyl (C=O) groups is 1. The average molecular weight is 271 g/mol. The fraction of sp³-hybridized carbons (Fsp3) is 0.889. The number of nitrogens with two attached hydrogens (primary N) is 1. The highest BCUT2D eigenvalue weighted by Crippen LogP contribution is 2.27. The molecule has 0 aromatic rings. The molecule has 16 heavy (non-hydrogen) atoms. The molecule has 96 valence electrons. The van der Waals surface area contributed by atoms with Gasteiger partial charge in [-0.25, -0.2) is 8.42 Å². The van der Waals surface area contributed by atoms with Crippen LogP contribution in [0.2, 0.25) is 0 Å². The predicted octanol–water partition coefficient (Wildman–Crippen LogP) is -0.159. The summed E-state index contributed by atoms with van der Waals surface area (Å²) >= 11 is 0. The third kappa shape index (κ3) is 4.67. The van der Waals surface area contributed by atoms with Crippen molar-refractivity contribution in [1.82, 2.24) is 5.32 Å². The highest BCUT2D eigenvalue weighted by Gasteiger charge is 2.32. The van der Waals surface area contributed by atoms with E-state index in [-0.39, 0.29) is 23.7 Å². The minimum atomic E-state index is -3.23. The molecule has 1 aliphatic rings. The Morgan fingerprint density at radius 3 is 2.38 bits per heavy atom. The van der Waals surface area contributed by atoms with E-state index >= 15 is 0 Å². The number of sulfone groups is 1. The number of carbonyl (C=O) groups excluding carboxylic acids is 1. The smallest absolute Gasteiger partial charge is 0.235 e. The fourth-order valence-corrected chi connectivity index (χ4v) is 2.14. The van der Waals surface area contributed by atoms with Crippen LogP contribution in [0.15, 0.2) is 0 Å². The van der Waals surface area contributed by atoms with Crippen molar-refractivity contribution in [1.29, 1.82) is 0 Å². The number of nitrogens with one attached hydrogen (secondary N) is 1. The molecule has 0 atom stereocenters. The molecule has 0 aromatic carbocycles. The lowest BCUT2D eigenvalue weighted by Gasteiger charge is -2.38. The van der Waals surface area contributed by atoms with Crippen LogP contribution in [-0.2, 0) is 14.6 Å². The molecule has 0 aliphatic heterocycles. The minimum Gasteiger partial charge on any atom is -0.353 e. The maximum atomic E-state index is 11.3. The molecule has 3 N–H and O–H groups in total. The third-order valence-corrected chi connectivity index (χ3v) is 4.36. The Kier molecular flexibility index (Phi) is 5.72. The SMILES string of the molecule is CCS(=O)(=O)CC(=O)NCC1(N)CCC1.Cl. The molecule has 0 bridgehead atoms. The summed E-state index contributed by atoms with van der Waals surface area (Å²) in [5.74, 6) is -0.887. The van der Waals surface area contributed by atoms with Crippen molar-refractivity contribution >= 4 is 28.2 Å². The molecule has 0 aromatic heterocycles. The van der Waals surface area contributed by atoms with Crippen LogP contribution in [0.3, 0.4) is 0 Å². The first-order valence-electron chi connectivity index (χ1n) is 5.13. The predicted molar refractivity (Wildman–Crippen MR) is 65.4 cm³/mol. The Hall–Kier alpha value is -0.330. The van der Waals surface area contributed by atoms with Gasteiger partial charge in [-0.15, -0.1) is 12.4 Å². The Labute approximate surface area is 102 Å². The van der Waals surface area contributed by atoms with Gasteiger partial charge in [0.15, 0.2) is 9.84 Å². The molecule has 1 fully saturated rings. The maximum absolute atomic E-state index is 11.3. The Balaban J connectivity index is 0.00000225. The van der Waals surface area contributed by atoms with Gasteiger partial charge in [0.05, 0.1) is 0 Å². The van der Waals surface area contributed by atoms with Crippen molar-refractivity contribution in [3.8, 4) is 0 Å². The maximum Gasteiger partial charge on any atom is 0.235 e. The lowest BCUT2D eigenvalue weighted by Crippen LogP contribution is -2.55. The van der Waals surface area contributed by atoms with Gasteiger partial charge in [-0.3, -0.25) is 4.79 Å². The summed E-state index contributed by atoms with van der Waals surface area (Å²) in [5.41, 5.74) is 5.58.